The molecule has 1 saturated heterocycles. The van der Waals surface area contributed by atoms with E-state index in [9.17, 15) is 4.79 Å². The monoisotopic (exact) mass is 264 g/mol. The summed E-state index contributed by atoms with van der Waals surface area (Å²) in [5.41, 5.74) is 7.31. The van der Waals surface area contributed by atoms with Gasteiger partial charge in [-0.15, -0.1) is 0 Å². The number of amides is 1. The minimum Gasteiger partial charge on any atom is -0.397 e. The van der Waals surface area contributed by atoms with E-state index < -0.39 is 0 Å². The van der Waals surface area contributed by atoms with E-state index in [0.717, 1.165) is 24.6 Å². The largest absolute Gasteiger partial charge is 0.397 e. The molecule has 0 aromatic carbocycles. The highest BCUT2D eigenvalue weighted by Gasteiger charge is 2.21. The molecule has 0 radical (unpaired) electrons. The van der Waals surface area contributed by atoms with Gasteiger partial charge in [-0.05, 0) is 19.1 Å². The van der Waals surface area contributed by atoms with Crippen LogP contribution in [0.3, 0.4) is 0 Å². The van der Waals surface area contributed by atoms with Crippen molar-refractivity contribution in [3.8, 4) is 0 Å². The number of nitrogen functional groups attached to an aromatic ring is 1. The first-order chi connectivity index (χ1) is 9.11. The van der Waals surface area contributed by atoms with E-state index in [0.29, 0.717) is 18.8 Å². The maximum absolute atomic E-state index is 11.7. The van der Waals surface area contributed by atoms with Crippen molar-refractivity contribution in [1.82, 2.24) is 9.88 Å². The number of piperazine rings is 1. The zero-order valence-corrected chi connectivity index (χ0v) is 11.4. The molecule has 6 nitrogen and oxygen atoms in total. The van der Waals surface area contributed by atoms with Gasteiger partial charge in [0.1, 0.15) is 12.4 Å². The molecular formula is C13H20N4O2. The molecule has 0 saturated carbocycles. The highest BCUT2D eigenvalue weighted by Crippen LogP contribution is 2.17. The number of anilines is 2. The normalized spacial score (nSPS) is 15.7. The summed E-state index contributed by atoms with van der Waals surface area (Å²) in [6.45, 7) is 5.02. The van der Waals surface area contributed by atoms with Gasteiger partial charge in [-0.2, -0.15) is 0 Å². The van der Waals surface area contributed by atoms with Crippen LogP contribution in [-0.2, 0) is 9.53 Å². The predicted molar refractivity (Wildman–Crippen MR) is 74.1 cm³/mol. The van der Waals surface area contributed by atoms with Crippen LogP contribution in [0.15, 0.2) is 12.1 Å². The summed E-state index contributed by atoms with van der Waals surface area (Å²) >= 11 is 0. The van der Waals surface area contributed by atoms with Crippen LogP contribution < -0.4 is 10.6 Å². The van der Waals surface area contributed by atoms with Crippen LogP contribution >= 0.6 is 0 Å². The smallest absolute Gasteiger partial charge is 0.248 e. The van der Waals surface area contributed by atoms with E-state index in [2.05, 4.69) is 9.88 Å². The Morgan fingerprint density at radius 1 is 1.37 bits per heavy atom. The number of aryl methyl sites for hydroxylation is 1. The quantitative estimate of drug-likeness (QED) is 0.848. The lowest BCUT2D eigenvalue weighted by molar-refractivity contribution is -0.135. The van der Waals surface area contributed by atoms with Gasteiger partial charge in [0, 0.05) is 33.3 Å². The second-order valence-electron chi connectivity index (χ2n) is 4.64. The lowest BCUT2D eigenvalue weighted by atomic mass is 10.2. The third-order valence-electron chi connectivity index (χ3n) is 3.34. The number of hydrogen-bond acceptors (Lipinski definition) is 5. The Morgan fingerprint density at radius 2 is 2.05 bits per heavy atom. The van der Waals surface area contributed by atoms with E-state index in [1.54, 1.807) is 0 Å². The topological polar surface area (TPSA) is 71.7 Å². The van der Waals surface area contributed by atoms with Crippen LogP contribution in [0, 0.1) is 6.92 Å². The van der Waals surface area contributed by atoms with E-state index in [1.807, 2.05) is 24.0 Å². The van der Waals surface area contributed by atoms with Crippen LogP contribution in [0.5, 0.6) is 0 Å². The summed E-state index contributed by atoms with van der Waals surface area (Å²) in [5.74, 6) is 0.967. The zero-order chi connectivity index (χ0) is 13.8. The van der Waals surface area contributed by atoms with E-state index >= 15 is 0 Å². The predicted octanol–water partition coefficient (Wildman–Crippen LogP) is 0.267. The molecule has 6 heteroatoms. The number of nitrogens with zero attached hydrogens (tertiary/aromatic N) is 3. The highest BCUT2D eigenvalue weighted by molar-refractivity contribution is 5.77. The highest BCUT2D eigenvalue weighted by atomic mass is 16.5. The van der Waals surface area contributed by atoms with Gasteiger partial charge in [-0.3, -0.25) is 4.79 Å². The zero-order valence-electron chi connectivity index (χ0n) is 11.4. The summed E-state index contributed by atoms with van der Waals surface area (Å²) in [6.07, 6.45) is 0. The molecule has 1 aromatic rings. The molecule has 1 aromatic heterocycles. The van der Waals surface area contributed by atoms with Crippen molar-refractivity contribution in [2.75, 3.05) is 50.5 Å². The lowest BCUT2D eigenvalue weighted by Crippen LogP contribution is -2.50. The molecule has 0 aliphatic carbocycles. The fourth-order valence-electron chi connectivity index (χ4n) is 2.13. The first-order valence-electron chi connectivity index (χ1n) is 6.36. The van der Waals surface area contributed by atoms with Gasteiger partial charge in [0.25, 0.3) is 0 Å². The fraction of sp³-hybridized carbons (Fsp3) is 0.538. The molecule has 1 amide bonds. The Kier molecular flexibility index (Phi) is 4.21. The van der Waals surface area contributed by atoms with Crippen molar-refractivity contribution in [3.05, 3.63) is 17.8 Å². The summed E-state index contributed by atoms with van der Waals surface area (Å²) < 4.78 is 4.87. The summed E-state index contributed by atoms with van der Waals surface area (Å²) in [4.78, 5) is 20.2. The maximum atomic E-state index is 11.7. The average molecular weight is 264 g/mol. The standard InChI is InChI=1S/C13H20N4O2/c1-10-11(14)3-4-12(15-10)16-5-7-17(8-6-16)13(18)9-19-2/h3-4H,5-9,14H2,1-2H3. The second kappa shape index (κ2) is 5.88. The number of methoxy groups -OCH3 is 1. The molecule has 1 aliphatic rings. The molecule has 1 fully saturated rings. The number of pyridine rings is 1. The molecule has 0 atom stereocenters. The Labute approximate surface area is 113 Å². The molecule has 2 rings (SSSR count). The third kappa shape index (κ3) is 3.14. The summed E-state index contributed by atoms with van der Waals surface area (Å²) in [5, 5.41) is 0. The summed E-state index contributed by atoms with van der Waals surface area (Å²) in [7, 11) is 1.54. The Bertz CT molecular complexity index is 456. The molecule has 0 bridgehead atoms. The van der Waals surface area contributed by atoms with Gasteiger partial charge in [0.15, 0.2) is 0 Å². The molecule has 2 N–H and O–H groups in total. The molecule has 2 heterocycles. The van der Waals surface area contributed by atoms with Gasteiger partial charge in [0.05, 0.1) is 11.4 Å². The van der Waals surface area contributed by atoms with Crippen molar-refractivity contribution >= 4 is 17.4 Å². The van der Waals surface area contributed by atoms with Crippen molar-refractivity contribution in [2.24, 2.45) is 0 Å². The van der Waals surface area contributed by atoms with Gasteiger partial charge >= 0.3 is 0 Å². The lowest BCUT2D eigenvalue weighted by Gasteiger charge is -2.35. The molecular weight excluding hydrogens is 244 g/mol. The first-order valence-corrected chi connectivity index (χ1v) is 6.36. The van der Waals surface area contributed by atoms with Gasteiger partial charge in [-0.25, -0.2) is 4.98 Å². The molecule has 104 valence electrons. The van der Waals surface area contributed by atoms with Crippen molar-refractivity contribution in [1.29, 1.82) is 0 Å². The number of aromatic nitrogens is 1. The number of ether oxygens (including phenoxy) is 1. The van der Waals surface area contributed by atoms with E-state index in [-0.39, 0.29) is 12.5 Å². The Hall–Kier alpha value is -1.82. The fourth-order valence-corrected chi connectivity index (χ4v) is 2.13. The molecule has 0 unspecified atom stereocenters. The van der Waals surface area contributed by atoms with Crippen molar-refractivity contribution in [3.63, 3.8) is 0 Å². The van der Waals surface area contributed by atoms with Crippen LogP contribution in [-0.4, -0.2) is 55.7 Å². The molecule has 19 heavy (non-hydrogen) atoms. The Morgan fingerprint density at radius 3 is 2.63 bits per heavy atom. The minimum atomic E-state index is 0.0450. The molecule has 1 aliphatic heterocycles. The van der Waals surface area contributed by atoms with Crippen LogP contribution in [0.4, 0.5) is 11.5 Å². The van der Waals surface area contributed by atoms with E-state index in [4.69, 9.17) is 10.5 Å². The first kappa shape index (κ1) is 13.6. The second-order valence-corrected chi connectivity index (χ2v) is 4.64. The van der Waals surface area contributed by atoms with Gasteiger partial charge in [0.2, 0.25) is 5.91 Å². The van der Waals surface area contributed by atoms with Gasteiger partial charge < -0.3 is 20.3 Å². The SMILES string of the molecule is COCC(=O)N1CCN(c2ccc(N)c(C)n2)CC1. The maximum Gasteiger partial charge on any atom is 0.248 e. The van der Waals surface area contributed by atoms with Crippen LogP contribution in [0.1, 0.15) is 5.69 Å². The van der Waals surface area contributed by atoms with Crippen molar-refractivity contribution in [2.45, 2.75) is 6.92 Å². The average Bonchev–Trinajstić information content (AvgIpc) is 2.42. The van der Waals surface area contributed by atoms with Crippen molar-refractivity contribution < 1.29 is 9.53 Å². The van der Waals surface area contributed by atoms with E-state index in [1.165, 1.54) is 7.11 Å². The number of rotatable bonds is 3. The minimum absolute atomic E-state index is 0.0450. The number of hydrogen-bond donors (Lipinski definition) is 1. The Balaban J connectivity index is 1.96. The molecule has 0 spiro atoms. The summed E-state index contributed by atoms with van der Waals surface area (Å²) in [6, 6.07) is 3.80. The van der Waals surface area contributed by atoms with Gasteiger partial charge in [-0.1, -0.05) is 0 Å². The number of carbonyl (C=O) groups is 1. The van der Waals surface area contributed by atoms with Crippen LogP contribution in [0.2, 0.25) is 0 Å². The van der Waals surface area contributed by atoms with Crippen LogP contribution in [0.25, 0.3) is 0 Å². The number of nitrogens with two attached hydrogens (primary N) is 1. The third-order valence-corrected chi connectivity index (χ3v) is 3.34. The number of carbonyl (C=O) groups excluding carboxylic acids is 1.